The normalized spacial score (nSPS) is 19.2. The van der Waals surface area contributed by atoms with Crippen LogP contribution in [0, 0.1) is 0 Å². The van der Waals surface area contributed by atoms with E-state index in [9.17, 15) is 0 Å². The van der Waals surface area contributed by atoms with E-state index < -0.39 is 5.60 Å². The van der Waals surface area contributed by atoms with Crippen LogP contribution in [0.4, 0.5) is 0 Å². The SMILES string of the molecule is COc1ccc2c(c1)OC(C)(C)[C@@H](c1ccccc1)[C@@H]2c1ccc(OCCN(C)C)cc1. The van der Waals surface area contributed by atoms with Gasteiger partial charge in [-0.05, 0) is 57.3 Å². The summed E-state index contributed by atoms with van der Waals surface area (Å²) in [4.78, 5) is 2.12. The molecule has 0 amide bonds. The van der Waals surface area contributed by atoms with E-state index in [0.29, 0.717) is 6.61 Å². The van der Waals surface area contributed by atoms with E-state index in [1.54, 1.807) is 7.11 Å². The van der Waals surface area contributed by atoms with Crippen LogP contribution in [0.2, 0.25) is 0 Å². The van der Waals surface area contributed by atoms with Crippen molar-refractivity contribution in [3.05, 3.63) is 89.5 Å². The van der Waals surface area contributed by atoms with E-state index >= 15 is 0 Å². The molecule has 0 bridgehead atoms. The molecule has 0 fully saturated rings. The van der Waals surface area contributed by atoms with Crippen molar-refractivity contribution in [1.82, 2.24) is 4.90 Å². The molecule has 4 nitrogen and oxygen atoms in total. The molecule has 32 heavy (non-hydrogen) atoms. The van der Waals surface area contributed by atoms with Crippen LogP contribution in [0.1, 0.15) is 42.4 Å². The highest BCUT2D eigenvalue weighted by Gasteiger charge is 2.45. The van der Waals surface area contributed by atoms with Crippen LogP contribution < -0.4 is 14.2 Å². The van der Waals surface area contributed by atoms with Crippen LogP contribution in [-0.2, 0) is 0 Å². The highest BCUT2D eigenvalue weighted by molar-refractivity contribution is 5.52. The predicted octanol–water partition coefficient (Wildman–Crippen LogP) is 5.72. The molecule has 4 heteroatoms. The average molecular weight is 432 g/mol. The maximum absolute atomic E-state index is 6.57. The third-order valence-electron chi connectivity index (χ3n) is 6.22. The third kappa shape index (κ3) is 4.61. The number of benzene rings is 3. The van der Waals surface area contributed by atoms with Gasteiger partial charge in [-0.15, -0.1) is 0 Å². The fourth-order valence-electron chi connectivity index (χ4n) is 4.66. The van der Waals surface area contributed by atoms with Crippen molar-refractivity contribution in [3.8, 4) is 17.2 Å². The van der Waals surface area contributed by atoms with E-state index in [-0.39, 0.29) is 11.8 Å². The molecule has 0 aromatic heterocycles. The first-order valence-corrected chi connectivity index (χ1v) is 11.2. The molecular formula is C28H33NO3. The molecule has 0 saturated heterocycles. The van der Waals surface area contributed by atoms with Gasteiger partial charge in [0.05, 0.1) is 7.11 Å². The number of likely N-dealkylation sites (N-methyl/N-ethyl adjacent to an activating group) is 1. The van der Waals surface area contributed by atoms with E-state index in [0.717, 1.165) is 23.8 Å². The van der Waals surface area contributed by atoms with E-state index in [1.165, 1.54) is 16.7 Å². The van der Waals surface area contributed by atoms with Crippen LogP contribution in [0.15, 0.2) is 72.8 Å². The third-order valence-corrected chi connectivity index (χ3v) is 6.22. The molecule has 2 atom stereocenters. The first-order chi connectivity index (χ1) is 15.4. The minimum Gasteiger partial charge on any atom is -0.497 e. The predicted molar refractivity (Wildman–Crippen MR) is 129 cm³/mol. The summed E-state index contributed by atoms with van der Waals surface area (Å²) in [5, 5.41) is 0. The lowest BCUT2D eigenvalue weighted by Gasteiger charge is -2.45. The van der Waals surface area contributed by atoms with Gasteiger partial charge in [0.25, 0.3) is 0 Å². The van der Waals surface area contributed by atoms with Crippen molar-refractivity contribution in [2.45, 2.75) is 31.3 Å². The van der Waals surface area contributed by atoms with Gasteiger partial charge in [0.1, 0.15) is 29.5 Å². The van der Waals surface area contributed by atoms with Gasteiger partial charge in [0.15, 0.2) is 0 Å². The van der Waals surface area contributed by atoms with Crippen molar-refractivity contribution >= 4 is 0 Å². The molecule has 0 aliphatic carbocycles. The number of fused-ring (bicyclic) bond motifs is 1. The maximum Gasteiger partial charge on any atom is 0.127 e. The zero-order valence-electron chi connectivity index (χ0n) is 19.7. The monoisotopic (exact) mass is 431 g/mol. The summed E-state index contributed by atoms with van der Waals surface area (Å²) in [6, 6.07) is 25.4. The Morgan fingerprint density at radius 3 is 2.22 bits per heavy atom. The van der Waals surface area contributed by atoms with Gasteiger partial charge < -0.3 is 19.1 Å². The number of nitrogens with zero attached hydrogens (tertiary/aromatic N) is 1. The molecule has 1 heterocycles. The number of hydrogen-bond donors (Lipinski definition) is 0. The smallest absolute Gasteiger partial charge is 0.127 e. The summed E-state index contributed by atoms with van der Waals surface area (Å²) < 4.78 is 18.0. The van der Waals surface area contributed by atoms with Crippen molar-refractivity contribution in [2.24, 2.45) is 0 Å². The van der Waals surface area contributed by atoms with E-state index in [2.05, 4.69) is 93.5 Å². The van der Waals surface area contributed by atoms with Crippen LogP contribution in [0.3, 0.4) is 0 Å². The summed E-state index contributed by atoms with van der Waals surface area (Å²) in [5.74, 6) is 2.90. The highest BCUT2D eigenvalue weighted by atomic mass is 16.5. The molecule has 3 aromatic rings. The topological polar surface area (TPSA) is 30.9 Å². The van der Waals surface area contributed by atoms with Crippen molar-refractivity contribution in [2.75, 3.05) is 34.4 Å². The standard InChI is InChI=1S/C28H33NO3/c1-28(2)27(21-9-7-6-8-10-21)26(24-16-15-23(30-5)19-25(24)32-28)20-11-13-22(14-12-20)31-18-17-29(3)4/h6-16,19,26-27H,17-18H2,1-5H3/t26-,27+/m1/s1. The largest absolute Gasteiger partial charge is 0.497 e. The average Bonchev–Trinajstić information content (AvgIpc) is 2.78. The number of hydrogen-bond acceptors (Lipinski definition) is 4. The number of rotatable bonds is 7. The molecule has 0 unspecified atom stereocenters. The maximum atomic E-state index is 6.57. The zero-order chi connectivity index (χ0) is 22.7. The molecular weight excluding hydrogens is 398 g/mol. The van der Waals surface area contributed by atoms with Gasteiger partial charge in [-0.25, -0.2) is 0 Å². The Labute approximate surface area is 191 Å². The van der Waals surface area contributed by atoms with Crippen molar-refractivity contribution in [3.63, 3.8) is 0 Å². The van der Waals surface area contributed by atoms with Gasteiger partial charge in [0, 0.05) is 30.0 Å². The molecule has 0 spiro atoms. The van der Waals surface area contributed by atoms with Gasteiger partial charge in [-0.3, -0.25) is 0 Å². The summed E-state index contributed by atoms with van der Waals surface area (Å²) in [5.41, 5.74) is 3.31. The Morgan fingerprint density at radius 1 is 0.875 bits per heavy atom. The van der Waals surface area contributed by atoms with Crippen molar-refractivity contribution in [1.29, 1.82) is 0 Å². The Morgan fingerprint density at radius 2 is 1.56 bits per heavy atom. The first-order valence-electron chi connectivity index (χ1n) is 11.2. The molecule has 0 saturated carbocycles. The van der Waals surface area contributed by atoms with Crippen LogP contribution in [0.5, 0.6) is 17.2 Å². The number of methoxy groups -OCH3 is 1. The zero-order valence-corrected chi connectivity index (χ0v) is 19.7. The quantitative estimate of drug-likeness (QED) is 0.479. The van der Waals surface area contributed by atoms with Crippen LogP contribution in [-0.4, -0.2) is 44.9 Å². The highest BCUT2D eigenvalue weighted by Crippen LogP contribution is 2.53. The van der Waals surface area contributed by atoms with Crippen molar-refractivity contribution < 1.29 is 14.2 Å². The minimum absolute atomic E-state index is 0.151. The second kappa shape index (κ2) is 9.25. The van der Waals surface area contributed by atoms with Gasteiger partial charge in [0.2, 0.25) is 0 Å². The molecule has 1 aliphatic rings. The van der Waals surface area contributed by atoms with Gasteiger partial charge in [-0.2, -0.15) is 0 Å². The molecule has 0 N–H and O–H groups in total. The molecule has 3 aromatic carbocycles. The lowest BCUT2D eigenvalue weighted by Crippen LogP contribution is -2.43. The molecule has 4 rings (SSSR count). The Bertz CT molecular complexity index is 1030. The first kappa shape index (κ1) is 22.2. The van der Waals surface area contributed by atoms with Gasteiger partial charge >= 0.3 is 0 Å². The fraction of sp³-hybridized carbons (Fsp3) is 0.357. The Balaban J connectivity index is 1.75. The summed E-state index contributed by atoms with van der Waals surface area (Å²) in [7, 11) is 5.79. The molecule has 0 radical (unpaired) electrons. The Kier molecular flexibility index (Phi) is 6.43. The Hall–Kier alpha value is -2.98. The fourth-order valence-corrected chi connectivity index (χ4v) is 4.66. The van der Waals surface area contributed by atoms with Crippen LogP contribution >= 0.6 is 0 Å². The lowest BCUT2D eigenvalue weighted by molar-refractivity contribution is 0.0528. The number of ether oxygens (including phenoxy) is 3. The second-order valence-electron chi connectivity index (χ2n) is 9.20. The minimum atomic E-state index is -0.397. The summed E-state index contributed by atoms with van der Waals surface area (Å²) in [6.45, 7) is 5.92. The summed E-state index contributed by atoms with van der Waals surface area (Å²) >= 11 is 0. The lowest BCUT2D eigenvalue weighted by atomic mass is 9.68. The van der Waals surface area contributed by atoms with Crippen LogP contribution in [0.25, 0.3) is 0 Å². The molecule has 168 valence electrons. The second-order valence-corrected chi connectivity index (χ2v) is 9.20. The van der Waals surface area contributed by atoms with E-state index in [1.807, 2.05) is 12.1 Å². The molecule has 1 aliphatic heterocycles. The summed E-state index contributed by atoms with van der Waals surface area (Å²) in [6.07, 6.45) is 0. The van der Waals surface area contributed by atoms with E-state index in [4.69, 9.17) is 14.2 Å². The van der Waals surface area contributed by atoms with Gasteiger partial charge in [-0.1, -0.05) is 48.5 Å².